The van der Waals surface area contributed by atoms with Gasteiger partial charge in [-0.1, -0.05) is 48.5 Å². The summed E-state index contributed by atoms with van der Waals surface area (Å²) in [7, 11) is -2.11. The van der Waals surface area contributed by atoms with E-state index in [1.54, 1.807) is 18.0 Å². The maximum absolute atomic E-state index is 13.0. The first-order chi connectivity index (χ1) is 13.4. The lowest BCUT2D eigenvalue weighted by Crippen LogP contribution is -2.26. The highest BCUT2D eigenvalue weighted by atomic mass is 32.2. The highest BCUT2D eigenvalue weighted by Gasteiger charge is 2.24. The first kappa shape index (κ1) is 20.1. The lowest BCUT2D eigenvalue weighted by atomic mass is 10.1. The van der Waals surface area contributed by atoms with Crippen LogP contribution in [-0.4, -0.2) is 31.9 Å². The summed E-state index contributed by atoms with van der Waals surface area (Å²) in [6, 6.07) is 17.0. The second-order valence-corrected chi connectivity index (χ2v) is 8.48. The molecule has 0 fully saturated rings. The molecule has 0 bridgehead atoms. The summed E-state index contributed by atoms with van der Waals surface area (Å²) in [5.41, 5.74) is 2.18. The van der Waals surface area contributed by atoms with Gasteiger partial charge in [0.1, 0.15) is 16.3 Å². The molecular weight excluding hydrogens is 374 g/mol. The Balaban J connectivity index is 1.85. The van der Waals surface area contributed by atoms with Crippen molar-refractivity contribution in [2.75, 3.05) is 13.7 Å². The molecule has 6 nitrogen and oxygen atoms in total. The van der Waals surface area contributed by atoms with Crippen molar-refractivity contribution < 1.29 is 13.2 Å². The van der Waals surface area contributed by atoms with Crippen molar-refractivity contribution in [1.29, 1.82) is 0 Å². The Labute approximate surface area is 166 Å². The van der Waals surface area contributed by atoms with Gasteiger partial charge < -0.3 is 4.74 Å². The second kappa shape index (κ2) is 8.58. The first-order valence-corrected chi connectivity index (χ1v) is 10.7. The van der Waals surface area contributed by atoms with Crippen LogP contribution in [0.4, 0.5) is 0 Å². The number of ether oxygens (including phenoxy) is 1. The summed E-state index contributed by atoms with van der Waals surface area (Å²) in [4.78, 5) is 0.187. The Morgan fingerprint density at radius 1 is 1.07 bits per heavy atom. The first-order valence-electron chi connectivity index (χ1n) is 9.18. The van der Waals surface area contributed by atoms with Crippen LogP contribution in [-0.2, 0) is 16.4 Å². The number of nitrogens with zero attached hydrogens (tertiary/aromatic N) is 2. The van der Waals surface area contributed by atoms with Crippen molar-refractivity contribution in [3.8, 4) is 17.0 Å². The molecule has 3 rings (SSSR count). The van der Waals surface area contributed by atoms with E-state index in [0.29, 0.717) is 12.1 Å². The summed E-state index contributed by atoms with van der Waals surface area (Å²) in [6.07, 6.45) is 2.13. The van der Waals surface area contributed by atoms with Gasteiger partial charge in [0.25, 0.3) is 0 Å². The molecule has 0 aliphatic rings. The molecule has 28 heavy (non-hydrogen) atoms. The molecular formula is C21H25N3O3S. The molecule has 1 N–H and O–H groups in total. The van der Waals surface area contributed by atoms with Crippen molar-refractivity contribution in [2.24, 2.45) is 0 Å². The normalized spacial score (nSPS) is 11.7. The average Bonchev–Trinajstić information content (AvgIpc) is 3.16. The number of hydrogen-bond donors (Lipinski definition) is 1. The topological polar surface area (TPSA) is 73.2 Å². The largest absolute Gasteiger partial charge is 0.496 e. The van der Waals surface area contributed by atoms with E-state index < -0.39 is 10.0 Å². The maximum Gasteiger partial charge on any atom is 0.244 e. The van der Waals surface area contributed by atoms with E-state index in [0.717, 1.165) is 16.9 Å². The minimum atomic E-state index is -3.72. The molecule has 0 atom stereocenters. The highest BCUT2D eigenvalue weighted by molar-refractivity contribution is 7.89. The van der Waals surface area contributed by atoms with Crippen LogP contribution in [0.3, 0.4) is 0 Å². The second-order valence-electron chi connectivity index (χ2n) is 6.74. The summed E-state index contributed by atoms with van der Waals surface area (Å²) < 4.78 is 35.7. The molecule has 7 heteroatoms. The average molecular weight is 400 g/mol. The Bertz CT molecular complexity index is 1030. The predicted molar refractivity (Wildman–Crippen MR) is 110 cm³/mol. The number of nitrogens with one attached hydrogen (secondary N) is 1. The summed E-state index contributed by atoms with van der Waals surface area (Å²) in [5, 5.41) is 4.52. The van der Waals surface area contributed by atoms with Gasteiger partial charge in [-0.3, -0.25) is 4.68 Å². The standard InChI is InChI=1S/C21H25N3O3S/c1-16(2)24-15-20(21(23-24)18-10-5-4-6-11-18)28(25,26)22-14-13-17-9-7-8-12-19(17)27-3/h4-12,15-16,22H,13-14H2,1-3H3. The SMILES string of the molecule is COc1ccccc1CCNS(=O)(=O)c1cn(C(C)C)nc1-c1ccccc1. The van der Waals surface area contributed by atoms with Gasteiger partial charge in [-0.15, -0.1) is 0 Å². The van der Waals surface area contributed by atoms with Crippen LogP contribution in [0.5, 0.6) is 5.75 Å². The smallest absolute Gasteiger partial charge is 0.244 e. The van der Waals surface area contributed by atoms with E-state index in [1.807, 2.05) is 68.4 Å². The van der Waals surface area contributed by atoms with Gasteiger partial charge in [0.15, 0.2) is 0 Å². The van der Waals surface area contributed by atoms with E-state index in [4.69, 9.17) is 4.74 Å². The minimum Gasteiger partial charge on any atom is -0.496 e. The van der Waals surface area contributed by atoms with E-state index in [2.05, 4.69) is 9.82 Å². The zero-order valence-corrected chi connectivity index (χ0v) is 17.1. The molecule has 1 aromatic heterocycles. The molecule has 1 heterocycles. The Kier molecular flexibility index (Phi) is 6.16. The molecule has 2 aromatic carbocycles. The van der Waals surface area contributed by atoms with Crippen LogP contribution < -0.4 is 9.46 Å². The van der Waals surface area contributed by atoms with Gasteiger partial charge >= 0.3 is 0 Å². The van der Waals surface area contributed by atoms with E-state index in [1.165, 1.54) is 0 Å². The van der Waals surface area contributed by atoms with Gasteiger partial charge in [-0.25, -0.2) is 13.1 Å². The highest BCUT2D eigenvalue weighted by Crippen LogP contribution is 2.27. The van der Waals surface area contributed by atoms with Crippen LogP contribution in [0.15, 0.2) is 65.7 Å². The zero-order chi connectivity index (χ0) is 20.1. The van der Waals surface area contributed by atoms with Gasteiger partial charge in [-0.2, -0.15) is 5.10 Å². The lowest BCUT2D eigenvalue weighted by Gasteiger charge is -2.10. The third-order valence-electron chi connectivity index (χ3n) is 4.44. The molecule has 0 saturated carbocycles. The quantitative estimate of drug-likeness (QED) is 0.627. The molecule has 0 aliphatic carbocycles. The summed E-state index contributed by atoms with van der Waals surface area (Å²) >= 11 is 0. The molecule has 148 valence electrons. The monoisotopic (exact) mass is 399 g/mol. The molecule has 0 spiro atoms. The number of para-hydroxylation sites is 1. The minimum absolute atomic E-state index is 0.0555. The van der Waals surface area contributed by atoms with Crippen molar-refractivity contribution in [2.45, 2.75) is 31.2 Å². The Morgan fingerprint density at radius 2 is 1.75 bits per heavy atom. The van der Waals surface area contributed by atoms with Crippen LogP contribution in [0.25, 0.3) is 11.3 Å². The van der Waals surface area contributed by atoms with Crippen molar-refractivity contribution in [1.82, 2.24) is 14.5 Å². The predicted octanol–water partition coefficient (Wildman–Crippen LogP) is 3.66. The molecule has 0 saturated heterocycles. The summed E-state index contributed by atoms with van der Waals surface area (Å²) in [5.74, 6) is 0.749. The molecule has 3 aromatic rings. The van der Waals surface area contributed by atoms with Gasteiger partial charge in [0, 0.05) is 24.3 Å². The zero-order valence-electron chi connectivity index (χ0n) is 16.3. The van der Waals surface area contributed by atoms with Crippen LogP contribution in [0, 0.1) is 0 Å². The fourth-order valence-electron chi connectivity index (χ4n) is 2.94. The Morgan fingerprint density at radius 3 is 2.43 bits per heavy atom. The lowest BCUT2D eigenvalue weighted by molar-refractivity contribution is 0.409. The summed E-state index contributed by atoms with van der Waals surface area (Å²) in [6.45, 7) is 4.20. The number of methoxy groups -OCH3 is 1. The van der Waals surface area contributed by atoms with Crippen LogP contribution in [0.1, 0.15) is 25.5 Å². The molecule has 0 aliphatic heterocycles. The van der Waals surface area contributed by atoms with Crippen LogP contribution >= 0.6 is 0 Å². The van der Waals surface area contributed by atoms with Gasteiger partial charge in [0.05, 0.1) is 7.11 Å². The van der Waals surface area contributed by atoms with Crippen molar-refractivity contribution in [3.63, 3.8) is 0 Å². The molecule has 0 unspecified atom stereocenters. The number of aromatic nitrogens is 2. The number of sulfonamides is 1. The third-order valence-corrected chi connectivity index (χ3v) is 5.91. The van der Waals surface area contributed by atoms with E-state index in [9.17, 15) is 8.42 Å². The van der Waals surface area contributed by atoms with Crippen molar-refractivity contribution >= 4 is 10.0 Å². The molecule has 0 amide bonds. The molecule has 0 radical (unpaired) electrons. The van der Waals surface area contributed by atoms with E-state index in [-0.39, 0.29) is 17.5 Å². The third kappa shape index (κ3) is 4.43. The number of hydrogen-bond acceptors (Lipinski definition) is 4. The fourth-order valence-corrected chi connectivity index (χ4v) is 4.13. The van der Waals surface area contributed by atoms with Crippen LogP contribution in [0.2, 0.25) is 0 Å². The van der Waals surface area contributed by atoms with Gasteiger partial charge in [-0.05, 0) is 31.9 Å². The van der Waals surface area contributed by atoms with E-state index >= 15 is 0 Å². The Hall–Kier alpha value is -2.64. The maximum atomic E-state index is 13.0. The fraction of sp³-hybridized carbons (Fsp3) is 0.286. The number of rotatable bonds is 8. The van der Waals surface area contributed by atoms with Gasteiger partial charge in [0.2, 0.25) is 10.0 Å². The number of benzene rings is 2. The van der Waals surface area contributed by atoms with Crippen molar-refractivity contribution in [3.05, 3.63) is 66.4 Å².